The van der Waals surface area contributed by atoms with Crippen LogP contribution in [-0.2, 0) is 6.42 Å². The smallest absolute Gasteiger partial charge is 0.194 e. The normalized spacial score (nSPS) is 19.1. The number of piperidine rings is 1. The van der Waals surface area contributed by atoms with Gasteiger partial charge < -0.3 is 14.4 Å². The first-order valence-corrected chi connectivity index (χ1v) is 6.03. The lowest BCUT2D eigenvalue weighted by Gasteiger charge is -2.27. The van der Waals surface area contributed by atoms with E-state index in [-0.39, 0.29) is 6.61 Å². The van der Waals surface area contributed by atoms with Crippen LogP contribution in [0.3, 0.4) is 0 Å². The van der Waals surface area contributed by atoms with Crippen molar-refractivity contribution in [1.82, 2.24) is 9.88 Å². The second-order valence-electron chi connectivity index (χ2n) is 4.56. The van der Waals surface area contributed by atoms with Gasteiger partial charge in [0.05, 0.1) is 6.20 Å². The molecule has 0 atom stereocenters. The van der Waals surface area contributed by atoms with Gasteiger partial charge in [0, 0.05) is 18.9 Å². The van der Waals surface area contributed by atoms with Crippen molar-refractivity contribution in [3.63, 3.8) is 0 Å². The molecule has 0 aliphatic carbocycles. The Balaban J connectivity index is 1.91. The lowest BCUT2D eigenvalue weighted by molar-refractivity contribution is 0.237. The van der Waals surface area contributed by atoms with E-state index in [0.29, 0.717) is 5.92 Å². The van der Waals surface area contributed by atoms with E-state index in [1.807, 2.05) is 6.20 Å². The number of nitrogens with zero attached hydrogens (tertiary/aromatic N) is 2. The topological polar surface area (TPSA) is 49.5 Å². The Kier molecular flexibility index (Phi) is 3.96. The Morgan fingerprint density at radius 2 is 2.25 bits per heavy atom. The molecule has 16 heavy (non-hydrogen) atoms. The van der Waals surface area contributed by atoms with Crippen molar-refractivity contribution in [1.29, 1.82) is 0 Å². The maximum Gasteiger partial charge on any atom is 0.194 e. The van der Waals surface area contributed by atoms with Crippen molar-refractivity contribution in [2.45, 2.75) is 31.6 Å². The standard InChI is InChI=1S/C12H20N2O2/c1-14-6-4-10(5-7-14)11-9-13-12(16-11)3-2-8-15/h9-10,15H,2-8H2,1H3. The van der Waals surface area contributed by atoms with E-state index in [1.165, 1.54) is 0 Å². The van der Waals surface area contributed by atoms with Gasteiger partial charge in [-0.1, -0.05) is 0 Å². The van der Waals surface area contributed by atoms with Gasteiger partial charge in [0.2, 0.25) is 0 Å². The summed E-state index contributed by atoms with van der Waals surface area (Å²) < 4.78 is 5.72. The molecule has 1 N–H and O–H groups in total. The number of aliphatic hydroxyl groups is 1. The molecule has 2 rings (SSSR count). The third kappa shape index (κ3) is 2.83. The van der Waals surface area contributed by atoms with E-state index < -0.39 is 0 Å². The number of aromatic nitrogens is 1. The maximum absolute atomic E-state index is 8.74. The summed E-state index contributed by atoms with van der Waals surface area (Å²) in [4.78, 5) is 6.60. The predicted octanol–water partition coefficient (Wildman–Crippen LogP) is 1.41. The fraction of sp³-hybridized carbons (Fsp3) is 0.750. The molecule has 0 bridgehead atoms. The first kappa shape index (κ1) is 11.6. The number of aliphatic hydroxyl groups excluding tert-OH is 1. The lowest BCUT2D eigenvalue weighted by Crippen LogP contribution is -2.29. The molecule has 1 aromatic rings. The Hall–Kier alpha value is -0.870. The molecule has 0 radical (unpaired) electrons. The first-order chi connectivity index (χ1) is 7.79. The van der Waals surface area contributed by atoms with Crippen molar-refractivity contribution in [2.75, 3.05) is 26.7 Å². The van der Waals surface area contributed by atoms with Crippen LogP contribution in [0.15, 0.2) is 10.6 Å². The number of rotatable bonds is 4. The fourth-order valence-corrected chi connectivity index (χ4v) is 2.15. The lowest BCUT2D eigenvalue weighted by atomic mass is 9.95. The summed E-state index contributed by atoms with van der Waals surface area (Å²) in [6, 6.07) is 0. The maximum atomic E-state index is 8.74. The van der Waals surface area contributed by atoms with Crippen LogP contribution in [0.1, 0.15) is 36.8 Å². The molecule has 4 heteroatoms. The highest BCUT2D eigenvalue weighted by molar-refractivity contribution is 5.03. The molecule has 1 saturated heterocycles. The van der Waals surface area contributed by atoms with Crippen molar-refractivity contribution in [3.8, 4) is 0 Å². The summed E-state index contributed by atoms with van der Waals surface area (Å²) in [6.45, 7) is 2.47. The zero-order valence-corrected chi connectivity index (χ0v) is 9.85. The summed E-state index contributed by atoms with van der Waals surface area (Å²) in [5.74, 6) is 2.33. The molecule has 0 saturated carbocycles. The highest BCUT2D eigenvalue weighted by Crippen LogP contribution is 2.27. The molecule has 1 aliphatic heterocycles. The van der Waals surface area contributed by atoms with Crippen LogP contribution < -0.4 is 0 Å². The van der Waals surface area contributed by atoms with Gasteiger partial charge in [0.25, 0.3) is 0 Å². The van der Waals surface area contributed by atoms with Gasteiger partial charge >= 0.3 is 0 Å². The number of aryl methyl sites for hydroxylation is 1. The van der Waals surface area contributed by atoms with Gasteiger partial charge in [-0.2, -0.15) is 0 Å². The highest BCUT2D eigenvalue weighted by Gasteiger charge is 2.21. The molecular formula is C12H20N2O2. The van der Waals surface area contributed by atoms with Crippen molar-refractivity contribution < 1.29 is 9.52 Å². The minimum atomic E-state index is 0.200. The Morgan fingerprint density at radius 3 is 2.94 bits per heavy atom. The molecule has 4 nitrogen and oxygen atoms in total. The Morgan fingerprint density at radius 1 is 1.50 bits per heavy atom. The van der Waals surface area contributed by atoms with Crippen LogP contribution in [0.2, 0.25) is 0 Å². The van der Waals surface area contributed by atoms with E-state index in [1.54, 1.807) is 0 Å². The predicted molar refractivity (Wildman–Crippen MR) is 61.4 cm³/mol. The average molecular weight is 224 g/mol. The molecule has 1 aromatic heterocycles. The summed E-state index contributed by atoms with van der Waals surface area (Å²) in [5, 5.41) is 8.74. The minimum absolute atomic E-state index is 0.200. The first-order valence-electron chi connectivity index (χ1n) is 6.03. The number of hydrogen-bond donors (Lipinski definition) is 1. The van der Waals surface area contributed by atoms with Gasteiger partial charge in [-0.05, 0) is 39.4 Å². The zero-order chi connectivity index (χ0) is 11.4. The minimum Gasteiger partial charge on any atom is -0.445 e. The Bertz CT molecular complexity index is 317. The van der Waals surface area contributed by atoms with Crippen molar-refractivity contribution in [3.05, 3.63) is 17.8 Å². The molecule has 0 amide bonds. The van der Waals surface area contributed by atoms with Gasteiger partial charge in [-0.25, -0.2) is 4.98 Å². The van der Waals surface area contributed by atoms with Crippen LogP contribution >= 0.6 is 0 Å². The monoisotopic (exact) mass is 224 g/mol. The Labute approximate surface area is 96.3 Å². The molecule has 0 spiro atoms. The van der Waals surface area contributed by atoms with Crippen LogP contribution in [0.4, 0.5) is 0 Å². The van der Waals surface area contributed by atoms with Gasteiger partial charge in [0.15, 0.2) is 5.89 Å². The summed E-state index contributed by atoms with van der Waals surface area (Å²) >= 11 is 0. The van der Waals surface area contributed by atoms with Crippen LogP contribution in [0.5, 0.6) is 0 Å². The molecule has 1 aliphatic rings. The molecule has 0 aromatic carbocycles. The van der Waals surface area contributed by atoms with Crippen molar-refractivity contribution in [2.24, 2.45) is 0 Å². The fourth-order valence-electron chi connectivity index (χ4n) is 2.15. The summed E-state index contributed by atoms with van der Waals surface area (Å²) in [5.41, 5.74) is 0. The molecule has 90 valence electrons. The average Bonchev–Trinajstić information content (AvgIpc) is 2.76. The van der Waals surface area contributed by atoms with Crippen LogP contribution in [-0.4, -0.2) is 41.7 Å². The van der Waals surface area contributed by atoms with E-state index >= 15 is 0 Å². The zero-order valence-electron chi connectivity index (χ0n) is 9.85. The largest absolute Gasteiger partial charge is 0.445 e. The molecule has 2 heterocycles. The number of oxazole rings is 1. The number of hydrogen-bond acceptors (Lipinski definition) is 4. The van der Waals surface area contributed by atoms with Gasteiger partial charge in [0.1, 0.15) is 5.76 Å². The van der Waals surface area contributed by atoms with Crippen molar-refractivity contribution >= 4 is 0 Å². The van der Waals surface area contributed by atoms with Crippen LogP contribution in [0, 0.1) is 0 Å². The highest BCUT2D eigenvalue weighted by atomic mass is 16.4. The second-order valence-corrected chi connectivity index (χ2v) is 4.56. The summed E-state index contributed by atoms with van der Waals surface area (Å²) in [6.07, 6.45) is 5.65. The molecule has 1 fully saturated rings. The summed E-state index contributed by atoms with van der Waals surface area (Å²) in [7, 11) is 2.16. The number of likely N-dealkylation sites (tertiary alicyclic amines) is 1. The van der Waals surface area contributed by atoms with E-state index in [2.05, 4.69) is 16.9 Å². The van der Waals surface area contributed by atoms with Crippen LogP contribution in [0.25, 0.3) is 0 Å². The van der Waals surface area contributed by atoms with Gasteiger partial charge in [-0.3, -0.25) is 0 Å². The SMILES string of the molecule is CN1CCC(c2cnc(CCCO)o2)CC1. The third-order valence-corrected chi connectivity index (χ3v) is 3.24. The second kappa shape index (κ2) is 5.46. The molecule has 0 unspecified atom stereocenters. The molecular weight excluding hydrogens is 204 g/mol. The quantitative estimate of drug-likeness (QED) is 0.840. The van der Waals surface area contributed by atoms with Gasteiger partial charge in [-0.15, -0.1) is 0 Å². The third-order valence-electron chi connectivity index (χ3n) is 3.24. The van der Waals surface area contributed by atoms with E-state index in [4.69, 9.17) is 9.52 Å². The van der Waals surface area contributed by atoms with E-state index in [0.717, 1.165) is 50.4 Å². The van der Waals surface area contributed by atoms with E-state index in [9.17, 15) is 0 Å².